The summed E-state index contributed by atoms with van der Waals surface area (Å²) in [7, 11) is 0. The summed E-state index contributed by atoms with van der Waals surface area (Å²) in [5.74, 6) is -1.01. The second-order valence-electron chi connectivity index (χ2n) is 3.85. The van der Waals surface area contributed by atoms with Gasteiger partial charge in [-0.2, -0.15) is 0 Å². The molecule has 0 aliphatic carbocycles. The molecule has 1 aromatic heterocycles. The molecule has 6 nitrogen and oxygen atoms in total. The molecule has 94 valence electrons. The van der Waals surface area contributed by atoms with Gasteiger partial charge in [-0.25, -0.2) is 0 Å². The van der Waals surface area contributed by atoms with E-state index in [1.54, 1.807) is 19.1 Å². The van der Waals surface area contributed by atoms with E-state index >= 15 is 0 Å². The van der Waals surface area contributed by atoms with Crippen molar-refractivity contribution < 1.29 is 14.8 Å². The Bertz CT molecular complexity index is 663. The first-order chi connectivity index (χ1) is 8.41. The second-order valence-corrected chi connectivity index (χ2v) is 4.26. The molecule has 0 amide bonds. The number of fused-ring (bicyclic) bond motifs is 1. The molecule has 0 bridgehead atoms. The van der Waals surface area contributed by atoms with Crippen LogP contribution in [0.2, 0.25) is 5.02 Å². The number of aliphatic carboxylic acids is 1. The monoisotopic (exact) mass is 268 g/mol. The van der Waals surface area contributed by atoms with Crippen LogP contribution >= 0.6 is 11.6 Å². The summed E-state index contributed by atoms with van der Waals surface area (Å²) in [5, 5.41) is 20.2. The van der Waals surface area contributed by atoms with Crippen molar-refractivity contribution in [3.63, 3.8) is 0 Å². The lowest BCUT2D eigenvalue weighted by atomic mass is 10.2. The first-order valence-corrected chi connectivity index (χ1v) is 5.44. The summed E-state index contributed by atoms with van der Waals surface area (Å²) in [6.45, 7) is 1.45. The van der Waals surface area contributed by atoms with Crippen molar-refractivity contribution in [2.45, 2.75) is 13.5 Å². The third kappa shape index (κ3) is 1.91. The second kappa shape index (κ2) is 4.30. The molecule has 2 aromatic rings. The molecule has 2 rings (SSSR count). The maximum absolute atomic E-state index is 11.0. The van der Waals surface area contributed by atoms with E-state index < -0.39 is 10.9 Å². The Kier molecular flexibility index (Phi) is 2.96. The van der Waals surface area contributed by atoms with Crippen LogP contribution < -0.4 is 0 Å². The molecule has 0 aliphatic heterocycles. The average molecular weight is 269 g/mol. The quantitative estimate of drug-likeness (QED) is 0.685. The fraction of sp³-hybridized carbons (Fsp3) is 0.182. The van der Waals surface area contributed by atoms with Gasteiger partial charge in [0, 0.05) is 5.69 Å². The maximum Gasteiger partial charge on any atom is 0.323 e. The van der Waals surface area contributed by atoms with E-state index in [1.165, 1.54) is 10.6 Å². The lowest BCUT2D eigenvalue weighted by Crippen LogP contribution is -2.09. The molecule has 7 heteroatoms. The summed E-state index contributed by atoms with van der Waals surface area (Å²) in [6.07, 6.45) is 0. The normalized spacial score (nSPS) is 10.8. The van der Waals surface area contributed by atoms with E-state index in [-0.39, 0.29) is 17.3 Å². The summed E-state index contributed by atoms with van der Waals surface area (Å²) in [6, 6.07) is 4.56. The van der Waals surface area contributed by atoms with Gasteiger partial charge in [0.15, 0.2) is 0 Å². The summed E-state index contributed by atoms with van der Waals surface area (Å²) < 4.78 is 1.50. The van der Waals surface area contributed by atoms with E-state index in [1.807, 2.05) is 0 Å². The van der Waals surface area contributed by atoms with Crippen LogP contribution in [-0.4, -0.2) is 20.6 Å². The number of hydrogen-bond acceptors (Lipinski definition) is 3. The average Bonchev–Trinajstić information content (AvgIpc) is 2.54. The highest BCUT2D eigenvalue weighted by Crippen LogP contribution is 2.34. The number of hydrogen-bond donors (Lipinski definition) is 1. The van der Waals surface area contributed by atoms with Crippen LogP contribution in [0.25, 0.3) is 10.9 Å². The van der Waals surface area contributed by atoms with Gasteiger partial charge in [-0.15, -0.1) is 0 Å². The Hall–Kier alpha value is -2.08. The molecule has 1 aromatic carbocycles. The Morgan fingerprint density at radius 2 is 2.22 bits per heavy atom. The van der Waals surface area contributed by atoms with Crippen LogP contribution in [0, 0.1) is 17.0 Å². The first-order valence-electron chi connectivity index (χ1n) is 5.06. The predicted molar refractivity (Wildman–Crippen MR) is 66.0 cm³/mol. The van der Waals surface area contributed by atoms with Crippen LogP contribution in [0.1, 0.15) is 5.69 Å². The van der Waals surface area contributed by atoms with Gasteiger partial charge in [-0.3, -0.25) is 14.9 Å². The molecule has 1 heterocycles. The maximum atomic E-state index is 11.0. The molecular formula is C11H9ClN2O4. The van der Waals surface area contributed by atoms with Gasteiger partial charge in [0.2, 0.25) is 0 Å². The number of aromatic nitrogens is 1. The molecular weight excluding hydrogens is 260 g/mol. The first kappa shape index (κ1) is 12.4. The predicted octanol–water partition coefficient (Wildman–Crippen LogP) is 2.60. The molecule has 0 aliphatic rings. The fourth-order valence-corrected chi connectivity index (χ4v) is 2.19. The molecule has 18 heavy (non-hydrogen) atoms. The van der Waals surface area contributed by atoms with Crippen molar-refractivity contribution in [2.75, 3.05) is 0 Å². The van der Waals surface area contributed by atoms with Crippen LogP contribution in [0.15, 0.2) is 18.2 Å². The number of carboxylic acid groups (broad SMARTS) is 1. The van der Waals surface area contributed by atoms with Gasteiger partial charge in [-0.05, 0) is 25.1 Å². The van der Waals surface area contributed by atoms with Gasteiger partial charge >= 0.3 is 5.97 Å². The van der Waals surface area contributed by atoms with Gasteiger partial charge in [-0.1, -0.05) is 11.6 Å². The molecule has 0 atom stereocenters. The zero-order valence-electron chi connectivity index (χ0n) is 9.38. The van der Waals surface area contributed by atoms with E-state index in [0.717, 1.165) is 0 Å². The molecule has 0 fully saturated rings. The molecule has 0 unspecified atom stereocenters. The largest absolute Gasteiger partial charge is 0.480 e. The Morgan fingerprint density at radius 1 is 1.56 bits per heavy atom. The van der Waals surface area contributed by atoms with Crippen molar-refractivity contribution in [1.29, 1.82) is 0 Å². The molecule has 0 saturated carbocycles. The van der Waals surface area contributed by atoms with E-state index in [4.69, 9.17) is 16.7 Å². The summed E-state index contributed by atoms with van der Waals surface area (Å²) >= 11 is 5.80. The number of benzene rings is 1. The van der Waals surface area contributed by atoms with Crippen LogP contribution in [0.4, 0.5) is 5.69 Å². The van der Waals surface area contributed by atoms with Crippen molar-refractivity contribution in [2.24, 2.45) is 0 Å². The minimum absolute atomic E-state index is 0.0416. The smallest absolute Gasteiger partial charge is 0.323 e. The number of nitro benzene ring substituents is 1. The minimum atomic E-state index is -1.01. The summed E-state index contributed by atoms with van der Waals surface area (Å²) in [5.41, 5.74) is 0.935. The lowest BCUT2D eigenvalue weighted by Gasteiger charge is -2.04. The lowest BCUT2D eigenvalue weighted by molar-refractivity contribution is -0.382. The highest BCUT2D eigenvalue weighted by molar-refractivity contribution is 6.34. The van der Waals surface area contributed by atoms with E-state index in [9.17, 15) is 14.9 Å². The number of carbonyl (C=O) groups is 1. The zero-order chi connectivity index (χ0) is 13.4. The van der Waals surface area contributed by atoms with Crippen LogP contribution in [0.5, 0.6) is 0 Å². The third-order valence-electron chi connectivity index (χ3n) is 2.69. The SMILES string of the molecule is Cc1cc2c([N+](=O)[O-])c(Cl)ccc2n1CC(=O)O. The summed E-state index contributed by atoms with van der Waals surface area (Å²) in [4.78, 5) is 21.2. The molecule has 1 N–H and O–H groups in total. The number of carboxylic acids is 1. The van der Waals surface area contributed by atoms with Gasteiger partial charge < -0.3 is 9.67 Å². The highest BCUT2D eigenvalue weighted by atomic mass is 35.5. The minimum Gasteiger partial charge on any atom is -0.480 e. The zero-order valence-corrected chi connectivity index (χ0v) is 10.1. The van der Waals surface area contributed by atoms with Crippen LogP contribution in [-0.2, 0) is 11.3 Å². The van der Waals surface area contributed by atoms with Gasteiger partial charge in [0.1, 0.15) is 11.6 Å². The topological polar surface area (TPSA) is 85.4 Å². The Morgan fingerprint density at radius 3 is 2.78 bits per heavy atom. The van der Waals surface area contributed by atoms with Gasteiger partial charge in [0.05, 0.1) is 15.8 Å². The number of nitro groups is 1. The van der Waals surface area contributed by atoms with Crippen molar-refractivity contribution in [1.82, 2.24) is 4.57 Å². The van der Waals surface area contributed by atoms with Crippen molar-refractivity contribution >= 4 is 34.2 Å². The standard InChI is InChI=1S/C11H9ClN2O4/c1-6-4-7-9(13(6)5-10(15)16)3-2-8(12)11(7)14(17)18/h2-4H,5H2,1H3,(H,15,16). The number of halogens is 1. The molecule has 0 saturated heterocycles. The van der Waals surface area contributed by atoms with Crippen LogP contribution in [0.3, 0.4) is 0 Å². The van der Waals surface area contributed by atoms with Crippen molar-refractivity contribution in [3.05, 3.63) is 39.0 Å². The van der Waals surface area contributed by atoms with E-state index in [0.29, 0.717) is 16.6 Å². The Balaban J connectivity index is 2.78. The number of aryl methyl sites for hydroxylation is 1. The van der Waals surface area contributed by atoms with Crippen molar-refractivity contribution in [3.8, 4) is 0 Å². The number of nitrogens with zero attached hydrogens (tertiary/aromatic N) is 2. The molecule has 0 spiro atoms. The van der Waals surface area contributed by atoms with E-state index in [2.05, 4.69) is 0 Å². The Labute approximate surface area is 107 Å². The highest BCUT2D eigenvalue weighted by Gasteiger charge is 2.21. The molecule has 0 radical (unpaired) electrons. The number of rotatable bonds is 3. The fourth-order valence-electron chi connectivity index (χ4n) is 1.96. The third-order valence-corrected chi connectivity index (χ3v) is 3.00. The van der Waals surface area contributed by atoms with Gasteiger partial charge in [0.25, 0.3) is 5.69 Å².